The van der Waals surface area contributed by atoms with Crippen molar-refractivity contribution in [1.82, 2.24) is 10.2 Å². The van der Waals surface area contributed by atoms with Gasteiger partial charge in [0.1, 0.15) is 6.07 Å². The molecule has 1 aromatic carbocycles. The summed E-state index contributed by atoms with van der Waals surface area (Å²) >= 11 is 0. The Balaban J connectivity index is 2.14. The van der Waals surface area contributed by atoms with Crippen molar-refractivity contribution in [3.8, 4) is 6.07 Å². The molecule has 1 aromatic heterocycles. The van der Waals surface area contributed by atoms with E-state index in [1.165, 1.54) is 0 Å². The summed E-state index contributed by atoms with van der Waals surface area (Å²) in [4.78, 5) is 0. The van der Waals surface area contributed by atoms with Gasteiger partial charge in [-0.25, -0.2) is 0 Å². The fourth-order valence-corrected chi connectivity index (χ4v) is 1.84. The first-order valence-electron chi connectivity index (χ1n) is 5.47. The number of fused-ring (bicyclic) bond motifs is 1. The van der Waals surface area contributed by atoms with Crippen molar-refractivity contribution < 1.29 is 0 Å². The first-order chi connectivity index (χ1) is 8.29. The lowest BCUT2D eigenvalue weighted by atomic mass is 10.1. The number of benzene rings is 1. The second kappa shape index (κ2) is 3.68. The van der Waals surface area contributed by atoms with Crippen LogP contribution in [0.3, 0.4) is 0 Å². The lowest BCUT2D eigenvalue weighted by molar-refractivity contribution is 0.993. The van der Waals surface area contributed by atoms with Crippen LogP contribution in [0.15, 0.2) is 24.3 Å². The summed E-state index contributed by atoms with van der Waals surface area (Å²) < 4.78 is 0. The summed E-state index contributed by atoms with van der Waals surface area (Å²) in [6.07, 6.45) is 0.932. The number of nitrogens with zero attached hydrogens (tertiary/aromatic N) is 3. The third kappa shape index (κ3) is 1.69. The van der Waals surface area contributed by atoms with Crippen LogP contribution in [0.4, 0.5) is 5.69 Å². The fraction of sp³-hybridized carbons (Fsp3) is 0.250. The highest BCUT2D eigenvalue weighted by Gasteiger charge is 2.34. The van der Waals surface area contributed by atoms with Gasteiger partial charge in [0.05, 0.1) is 11.2 Å². The number of nitrogens with one attached hydrogen (secondary N) is 1. The van der Waals surface area contributed by atoms with Crippen molar-refractivity contribution in [3.05, 3.63) is 30.0 Å². The highest BCUT2D eigenvalue weighted by molar-refractivity contribution is 5.93. The number of nitrogens with two attached hydrogens (primary N) is 1. The van der Waals surface area contributed by atoms with Gasteiger partial charge in [0.15, 0.2) is 5.69 Å². The number of rotatable bonds is 2. The third-order valence-electron chi connectivity index (χ3n) is 2.94. The first-order valence-corrected chi connectivity index (χ1v) is 5.47. The van der Waals surface area contributed by atoms with Gasteiger partial charge in [-0.2, -0.15) is 5.26 Å². The summed E-state index contributed by atoms with van der Waals surface area (Å²) in [5.41, 5.74) is 7.62. The summed E-state index contributed by atoms with van der Waals surface area (Å²) in [5.74, 6) is 0. The monoisotopic (exact) mass is 225 g/mol. The normalized spacial score (nSPS) is 22.1. The van der Waals surface area contributed by atoms with Gasteiger partial charge in [-0.3, -0.25) is 0 Å². The van der Waals surface area contributed by atoms with Gasteiger partial charge in [0.25, 0.3) is 0 Å². The second-order valence-corrected chi connectivity index (χ2v) is 4.20. The van der Waals surface area contributed by atoms with Crippen molar-refractivity contribution in [2.75, 3.05) is 5.32 Å². The molecule has 3 rings (SSSR count). The molecule has 0 spiro atoms. The van der Waals surface area contributed by atoms with E-state index >= 15 is 0 Å². The zero-order chi connectivity index (χ0) is 11.8. The van der Waals surface area contributed by atoms with Crippen molar-refractivity contribution in [2.45, 2.75) is 18.5 Å². The number of anilines is 1. The summed E-state index contributed by atoms with van der Waals surface area (Å²) in [6, 6.07) is 10.1. The quantitative estimate of drug-likeness (QED) is 0.796. The molecule has 5 heteroatoms. The molecule has 2 unspecified atom stereocenters. The van der Waals surface area contributed by atoms with E-state index < -0.39 is 0 Å². The molecule has 17 heavy (non-hydrogen) atoms. The molecule has 0 bridgehead atoms. The maximum Gasteiger partial charge on any atom is 0.186 e. The Morgan fingerprint density at radius 1 is 1.35 bits per heavy atom. The zero-order valence-electron chi connectivity index (χ0n) is 9.09. The number of hydrogen-bond donors (Lipinski definition) is 2. The molecule has 84 valence electrons. The molecule has 0 amide bonds. The Morgan fingerprint density at radius 3 is 2.82 bits per heavy atom. The topological polar surface area (TPSA) is 87.6 Å². The van der Waals surface area contributed by atoms with E-state index in [0.29, 0.717) is 5.69 Å². The van der Waals surface area contributed by atoms with E-state index in [4.69, 9.17) is 11.0 Å². The fourth-order valence-electron chi connectivity index (χ4n) is 1.84. The largest absolute Gasteiger partial charge is 0.378 e. The molecule has 2 atom stereocenters. The number of hydrogen-bond acceptors (Lipinski definition) is 5. The van der Waals surface area contributed by atoms with Gasteiger partial charge in [0.2, 0.25) is 0 Å². The second-order valence-electron chi connectivity index (χ2n) is 4.20. The number of aromatic nitrogens is 2. The summed E-state index contributed by atoms with van der Waals surface area (Å²) in [7, 11) is 0. The molecule has 1 saturated carbocycles. The van der Waals surface area contributed by atoms with Crippen LogP contribution >= 0.6 is 0 Å². The van der Waals surface area contributed by atoms with E-state index in [0.717, 1.165) is 23.0 Å². The van der Waals surface area contributed by atoms with Crippen LogP contribution in [-0.2, 0) is 0 Å². The van der Waals surface area contributed by atoms with E-state index in [-0.39, 0.29) is 12.1 Å². The maximum absolute atomic E-state index is 9.05. The summed E-state index contributed by atoms with van der Waals surface area (Å²) in [5, 5.41) is 21.2. The Bertz CT molecular complexity index is 616. The van der Waals surface area contributed by atoms with Gasteiger partial charge in [-0.1, -0.05) is 18.2 Å². The van der Waals surface area contributed by atoms with Crippen LogP contribution in [0.25, 0.3) is 10.9 Å². The molecule has 1 aliphatic carbocycles. The molecular formula is C12H11N5. The molecule has 0 radical (unpaired) electrons. The third-order valence-corrected chi connectivity index (χ3v) is 2.94. The van der Waals surface area contributed by atoms with Crippen molar-refractivity contribution in [3.63, 3.8) is 0 Å². The van der Waals surface area contributed by atoms with Crippen molar-refractivity contribution in [1.29, 1.82) is 5.26 Å². The van der Waals surface area contributed by atoms with Gasteiger partial charge < -0.3 is 11.1 Å². The average Bonchev–Trinajstić information content (AvgIpc) is 3.05. The minimum absolute atomic E-state index is 0.175. The first kappa shape index (κ1) is 10.00. The number of nitriles is 1. The predicted octanol–water partition coefficient (Wildman–Crippen LogP) is 1.01. The molecule has 2 aromatic rings. The van der Waals surface area contributed by atoms with Crippen LogP contribution in [0, 0.1) is 11.3 Å². The van der Waals surface area contributed by atoms with Gasteiger partial charge in [0, 0.05) is 17.5 Å². The Morgan fingerprint density at radius 2 is 2.12 bits per heavy atom. The molecule has 5 nitrogen and oxygen atoms in total. The van der Waals surface area contributed by atoms with E-state index in [9.17, 15) is 0 Å². The Labute approximate surface area is 98.3 Å². The van der Waals surface area contributed by atoms with Crippen LogP contribution in [0.1, 0.15) is 12.1 Å². The highest BCUT2D eigenvalue weighted by Crippen LogP contribution is 2.29. The molecule has 0 saturated heterocycles. The molecule has 3 N–H and O–H groups in total. The maximum atomic E-state index is 9.05. The molecule has 0 aliphatic heterocycles. The average molecular weight is 225 g/mol. The predicted molar refractivity (Wildman–Crippen MR) is 64.3 cm³/mol. The molecular weight excluding hydrogens is 214 g/mol. The van der Waals surface area contributed by atoms with Gasteiger partial charge in [-0.15, -0.1) is 10.2 Å². The van der Waals surface area contributed by atoms with E-state index in [1.807, 2.05) is 24.3 Å². The van der Waals surface area contributed by atoms with Gasteiger partial charge >= 0.3 is 0 Å². The van der Waals surface area contributed by atoms with Crippen molar-refractivity contribution in [2.24, 2.45) is 5.73 Å². The standard InChI is InChI=1S/C12H11N5/c13-6-11-12(15-10-5-8(10)14)7-3-1-2-4-9(7)16-17-11/h1-4,8,10H,5,14H2,(H,15,16). The minimum atomic E-state index is 0.175. The smallest absolute Gasteiger partial charge is 0.186 e. The molecule has 1 aliphatic rings. The van der Waals surface area contributed by atoms with Crippen LogP contribution in [0.5, 0.6) is 0 Å². The Hall–Kier alpha value is -2.19. The summed E-state index contributed by atoms with van der Waals surface area (Å²) in [6.45, 7) is 0. The Kier molecular flexibility index (Phi) is 2.16. The zero-order valence-corrected chi connectivity index (χ0v) is 9.09. The molecule has 1 fully saturated rings. The minimum Gasteiger partial charge on any atom is -0.378 e. The van der Waals surface area contributed by atoms with E-state index in [1.54, 1.807) is 0 Å². The van der Waals surface area contributed by atoms with Crippen molar-refractivity contribution >= 4 is 16.6 Å². The SMILES string of the molecule is N#Cc1nnc2ccccc2c1NC1CC1N. The molecule has 1 heterocycles. The van der Waals surface area contributed by atoms with Crippen LogP contribution in [-0.4, -0.2) is 22.3 Å². The van der Waals surface area contributed by atoms with Gasteiger partial charge in [-0.05, 0) is 12.5 Å². The van der Waals surface area contributed by atoms with Crippen LogP contribution in [0.2, 0.25) is 0 Å². The lowest BCUT2D eigenvalue weighted by Crippen LogP contribution is -2.14. The van der Waals surface area contributed by atoms with Crippen LogP contribution < -0.4 is 11.1 Å². The lowest BCUT2D eigenvalue weighted by Gasteiger charge is -2.09. The van der Waals surface area contributed by atoms with E-state index in [2.05, 4.69) is 21.6 Å². The highest BCUT2D eigenvalue weighted by atomic mass is 15.1.